The fraction of sp³-hybridized carbons (Fsp3) is 0.333. The van der Waals surface area contributed by atoms with E-state index >= 15 is 0 Å². The van der Waals surface area contributed by atoms with Gasteiger partial charge >= 0.3 is 0 Å². The predicted molar refractivity (Wildman–Crippen MR) is 67.5 cm³/mol. The lowest BCUT2D eigenvalue weighted by atomic mass is 9.93. The molecule has 0 unspecified atom stereocenters. The van der Waals surface area contributed by atoms with Crippen LogP contribution in [-0.4, -0.2) is 30.8 Å². The Morgan fingerprint density at radius 3 is 2.63 bits per heavy atom. The number of nitrogens with one attached hydrogen (secondary N) is 1. The second-order valence-corrected chi connectivity index (χ2v) is 4.20. The Hall–Kier alpha value is -1.85. The van der Waals surface area contributed by atoms with Crippen LogP contribution < -0.4 is 10.1 Å². The zero-order valence-corrected chi connectivity index (χ0v) is 10.8. The molecule has 2 atom stereocenters. The summed E-state index contributed by atoms with van der Waals surface area (Å²) in [6.45, 7) is 0.101. The van der Waals surface area contributed by atoms with E-state index in [-0.39, 0.29) is 17.9 Å². The molecule has 1 saturated heterocycles. The summed E-state index contributed by atoms with van der Waals surface area (Å²) in [5.74, 6) is -2.64. The van der Waals surface area contributed by atoms with E-state index in [4.69, 9.17) is 4.74 Å². The molecule has 1 aliphatic rings. The first kappa shape index (κ1) is 13.6. The molecule has 0 aliphatic carbocycles. The third kappa shape index (κ3) is 2.47. The van der Waals surface area contributed by atoms with Crippen molar-refractivity contribution < 1.29 is 18.3 Å². The van der Waals surface area contributed by atoms with E-state index in [1.807, 2.05) is 0 Å². The largest absolute Gasteiger partial charge is 0.497 e. The zero-order valence-electron chi connectivity index (χ0n) is 9.94. The van der Waals surface area contributed by atoms with E-state index in [1.54, 1.807) is 0 Å². The summed E-state index contributed by atoms with van der Waals surface area (Å²) in [4.78, 5) is 15.2. The van der Waals surface area contributed by atoms with Gasteiger partial charge in [-0.1, -0.05) is 0 Å². The van der Waals surface area contributed by atoms with Gasteiger partial charge in [-0.25, -0.2) is 13.8 Å². The highest BCUT2D eigenvalue weighted by molar-refractivity contribution is 7.78. The number of isothiocyanates is 1. The molecular weight excluding hydrogens is 274 g/mol. The van der Waals surface area contributed by atoms with Gasteiger partial charge in [-0.3, -0.25) is 4.79 Å². The van der Waals surface area contributed by atoms with Crippen LogP contribution in [0.4, 0.5) is 8.78 Å². The maximum atomic E-state index is 13.9. The van der Waals surface area contributed by atoms with Crippen LogP contribution in [0, 0.1) is 11.6 Å². The Kier molecular flexibility index (Phi) is 3.87. The molecule has 2 rings (SSSR count). The van der Waals surface area contributed by atoms with Gasteiger partial charge in [-0.15, -0.1) is 0 Å². The van der Waals surface area contributed by atoms with E-state index in [9.17, 15) is 13.6 Å². The monoisotopic (exact) mass is 284 g/mol. The van der Waals surface area contributed by atoms with Gasteiger partial charge in [0, 0.05) is 30.2 Å². The predicted octanol–water partition coefficient (Wildman–Crippen LogP) is 1.66. The third-order valence-electron chi connectivity index (χ3n) is 3.00. The van der Waals surface area contributed by atoms with Crippen molar-refractivity contribution in [2.45, 2.75) is 12.0 Å². The lowest BCUT2D eigenvalue weighted by molar-refractivity contribution is -0.120. The summed E-state index contributed by atoms with van der Waals surface area (Å²) in [5, 5.41) is 4.58. The number of hydrogen-bond acceptors (Lipinski definition) is 4. The van der Waals surface area contributed by atoms with Crippen molar-refractivity contribution in [1.82, 2.24) is 5.32 Å². The van der Waals surface area contributed by atoms with Gasteiger partial charge in [0.05, 0.1) is 12.3 Å². The minimum atomic E-state index is -0.949. The molecule has 0 bridgehead atoms. The highest BCUT2D eigenvalue weighted by Crippen LogP contribution is 2.32. The van der Waals surface area contributed by atoms with Crippen LogP contribution in [-0.2, 0) is 4.79 Å². The lowest BCUT2D eigenvalue weighted by Crippen LogP contribution is -2.23. The Morgan fingerprint density at radius 2 is 2.11 bits per heavy atom. The molecule has 1 aliphatic heterocycles. The van der Waals surface area contributed by atoms with Crippen molar-refractivity contribution in [2.24, 2.45) is 4.99 Å². The van der Waals surface area contributed by atoms with E-state index in [2.05, 4.69) is 27.7 Å². The molecule has 19 heavy (non-hydrogen) atoms. The summed E-state index contributed by atoms with van der Waals surface area (Å²) in [5.41, 5.74) is -0.196. The van der Waals surface area contributed by atoms with E-state index in [0.717, 1.165) is 12.1 Å². The molecular formula is C12H10F2N2O2S. The van der Waals surface area contributed by atoms with Crippen molar-refractivity contribution >= 4 is 23.3 Å². The summed E-state index contributed by atoms with van der Waals surface area (Å²) in [6, 6.07) is 1.19. The van der Waals surface area contributed by atoms with Gasteiger partial charge in [0.25, 0.3) is 0 Å². The van der Waals surface area contributed by atoms with Crippen LogP contribution in [0.15, 0.2) is 17.1 Å². The smallest absolute Gasteiger partial charge is 0.246 e. The Labute approximate surface area is 113 Å². The van der Waals surface area contributed by atoms with Crippen LogP contribution in [0.5, 0.6) is 5.75 Å². The number of hydrogen-bond donors (Lipinski definition) is 1. The van der Waals surface area contributed by atoms with Crippen molar-refractivity contribution in [2.75, 3.05) is 13.7 Å². The van der Waals surface area contributed by atoms with Crippen LogP contribution in [0.25, 0.3) is 0 Å². The number of nitrogens with zero attached hydrogens (tertiary/aromatic N) is 1. The maximum Gasteiger partial charge on any atom is 0.246 e. The highest BCUT2D eigenvalue weighted by atomic mass is 32.1. The SMILES string of the molecule is COc1cc(F)c([C@@H]2CNC(=O)[C@H]2N=C=S)c(F)c1. The molecule has 0 radical (unpaired) electrons. The summed E-state index contributed by atoms with van der Waals surface area (Å²) in [7, 11) is 1.31. The fourth-order valence-corrected chi connectivity index (χ4v) is 2.22. The molecule has 1 aromatic carbocycles. The molecule has 1 aromatic rings. The molecule has 0 spiro atoms. The lowest BCUT2D eigenvalue weighted by Gasteiger charge is -2.15. The second-order valence-electron chi connectivity index (χ2n) is 4.02. The van der Waals surface area contributed by atoms with E-state index < -0.39 is 29.5 Å². The normalized spacial score (nSPS) is 21.7. The number of carbonyl (C=O) groups is 1. The average Bonchev–Trinajstić information content (AvgIpc) is 2.71. The van der Waals surface area contributed by atoms with Crippen LogP contribution in [0.3, 0.4) is 0 Å². The van der Waals surface area contributed by atoms with Crippen molar-refractivity contribution in [3.05, 3.63) is 29.3 Å². The van der Waals surface area contributed by atoms with Crippen molar-refractivity contribution in [3.8, 4) is 5.75 Å². The Bertz CT molecular complexity index is 550. The second kappa shape index (κ2) is 5.42. The molecule has 7 heteroatoms. The molecule has 1 heterocycles. The summed E-state index contributed by atoms with van der Waals surface area (Å²) in [6.07, 6.45) is 0. The fourth-order valence-electron chi connectivity index (χ4n) is 2.11. The van der Waals surface area contributed by atoms with Crippen LogP contribution >= 0.6 is 12.2 Å². The topological polar surface area (TPSA) is 50.7 Å². The van der Waals surface area contributed by atoms with Gasteiger partial charge in [0.1, 0.15) is 23.4 Å². The molecule has 1 N–H and O–H groups in total. The average molecular weight is 284 g/mol. The standard InChI is InChI=1S/C12H10F2N2O2S/c1-18-6-2-8(13)10(9(14)3-6)7-4-15-12(17)11(7)16-5-19/h2-3,7,11H,4H2,1H3,(H,15,17)/t7-,11-/m0/s1. The maximum absolute atomic E-state index is 13.9. The third-order valence-corrected chi connectivity index (χ3v) is 3.10. The number of ether oxygens (including phenoxy) is 1. The molecule has 1 amide bonds. The molecule has 100 valence electrons. The van der Waals surface area contributed by atoms with Gasteiger partial charge in [0.15, 0.2) is 0 Å². The molecule has 1 fully saturated rings. The molecule has 4 nitrogen and oxygen atoms in total. The number of thiocarbonyl (C=S) groups is 1. The van der Waals surface area contributed by atoms with Gasteiger partial charge in [-0.05, 0) is 12.2 Å². The summed E-state index contributed by atoms with van der Waals surface area (Å²) >= 11 is 4.45. The van der Waals surface area contributed by atoms with E-state index in [1.165, 1.54) is 7.11 Å². The number of rotatable bonds is 3. The first-order valence-corrected chi connectivity index (χ1v) is 5.87. The molecule has 0 aromatic heterocycles. The number of methoxy groups -OCH3 is 1. The van der Waals surface area contributed by atoms with E-state index in [0.29, 0.717) is 0 Å². The number of aliphatic imine (C=N–C) groups is 1. The van der Waals surface area contributed by atoms with Crippen LogP contribution in [0.1, 0.15) is 11.5 Å². The Morgan fingerprint density at radius 1 is 1.47 bits per heavy atom. The highest BCUT2D eigenvalue weighted by Gasteiger charge is 2.38. The quantitative estimate of drug-likeness (QED) is 0.678. The first-order valence-electron chi connectivity index (χ1n) is 5.46. The minimum Gasteiger partial charge on any atom is -0.497 e. The van der Waals surface area contributed by atoms with Crippen molar-refractivity contribution in [1.29, 1.82) is 0 Å². The van der Waals surface area contributed by atoms with Gasteiger partial charge in [-0.2, -0.15) is 0 Å². The van der Waals surface area contributed by atoms with Crippen molar-refractivity contribution in [3.63, 3.8) is 0 Å². The molecule has 0 saturated carbocycles. The summed E-state index contributed by atoms with van der Waals surface area (Å²) < 4.78 is 32.7. The number of amides is 1. The zero-order chi connectivity index (χ0) is 14.0. The number of halogens is 2. The van der Waals surface area contributed by atoms with Gasteiger partial charge in [0.2, 0.25) is 5.91 Å². The first-order chi connectivity index (χ1) is 9.08. The van der Waals surface area contributed by atoms with Gasteiger partial charge < -0.3 is 10.1 Å². The van der Waals surface area contributed by atoms with Crippen LogP contribution in [0.2, 0.25) is 0 Å². The number of benzene rings is 1. The number of carbonyl (C=O) groups excluding carboxylic acids is 1. The Balaban J connectivity index is 2.47. The minimum absolute atomic E-state index is 0.0749.